The lowest BCUT2D eigenvalue weighted by molar-refractivity contribution is -0.119. The lowest BCUT2D eigenvalue weighted by Gasteiger charge is -2.29. The number of aryl methyl sites for hydroxylation is 1. The second kappa shape index (κ2) is 7.15. The predicted molar refractivity (Wildman–Crippen MR) is 101 cm³/mol. The summed E-state index contributed by atoms with van der Waals surface area (Å²) in [6.07, 6.45) is 3.14. The Morgan fingerprint density at radius 2 is 1.89 bits per heavy atom. The van der Waals surface area contributed by atoms with Crippen molar-refractivity contribution in [3.63, 3.8) is 0 Å². The number of amides is 1. The zero-order chi connectivity index (χ0) is 18.8. The Morgan fingerprint density at radius 1 is 1.11 bits per heavy atom. The molecule has 0 saturated carbocycles. The molecule has 1 amide bonds. The van der Waals surface area contributed by atoms with Gasteiger partial charge in [0.25, 0.3) is 5.56 Å². The highest BCUT2D eigenvalue weighted by Crippen LogP contribution is 2.26. The standard InChI is InChI=1S/C21H18FN3O2/c22-17-9-3-2-8-16(17)18-12-20(26)24(14-23-18)13-21(27)25-11-5-7-15-6-1-4-10-19(15)25/h1-4,6,8-10,12,14H,5,7,11,13H2. The van der Waals surface area contributed by atoms with Crippen LogP contribution in [0.1, 0.15) is 12.0 Å². The van der Waals surface area contributed by atoms with E-state index in [4.69, 9.17) is 0 Å². The second-order valence-corrected chi connectivity index (χ2v) is 6.50. The number of aromatic nitrogens is 2. The minimum Gasteiger partial charge on any atom is -0.311 e. The summed E-state index contributed by atoms with van der Waals surface area (Å²) in [7, 11) is 0. The van der Waals surface area contributed by atoms with Gasteiger partial charge in [-0.2, -0.15) is 0 Å². The largest absolute Gasteiger partial charge is 0.311 e. The summed E-state index contributed by atoms with van der Waals surface area (Å²) in [5.74, 6) is -0.604. The van der Waals surface area contributed by atoms with E-state index in [-0.39, 0.29) is 29.3 Å². The molecule has 3 aromatic rings. The first-order valence-electron chi connectivity index (χ1n) is 8.83. The van der Waals surface area contributed by atoms with Crippen LogP contribution < -0.4 is 10.5 Å². The lowest BCUT2D eigenvalue weighted by atomic mass is 10.0. The molecule has 5 nitrogen and oxygen atoms in total. The van der Waals surface area contributed by atoms with Gasteiger partial charge in [-0.1, -0.05) is 30.3 Å². The topological polar surface area (TPSA) is 55.2 Å². The van der Waals surface area contributed by atoms with Crippen molar-refractivity contribution in [2.24, 2.45) is 0 Å². The van der Waals surface area contributed by atoms with Crippen LogP contribution in [0.4, 0.5) is 10.1 Å². The van der Waals surface area contributed by atoms with E-state index in [9.17, 15) is 14.0 Å². The molecule has 1 aliphatic heterocycles. The zero-order valence-corrected chi connectivity index (χ0v) is 14.6. The average Bonchev–Trinajstić information content (AvgIpc) is 2.69. The highest BCUT2D eigenvalue weighted by atomic mass is 19.1. The van der Waals surface area contributed by atoms with Gasteiger partial charge in [-0.3, -0.25) is 14.2 Å². The van der Waals surface area contributed by atoms with E-state index < -0.39 is 5.82 Å². The van der Waals surface area contributed by atoms with Gasteiger partial charge in [0.1, 0.15) is 12.4 Å². The third-order valence-corrected chi connectivity index (χ3v) is 4.75. The molecule has 0 atom stereocenters. The summed E-state index contributed by atoms with van der Waals surface area (Å²) in [4.78, 5) is 31.1. The van der Waals surface area contributed by atoms with Gasteiger partial charge in [0, 0.05) is 23.9 Å². The van der Waals surface area contributed by atoms with E-state index in [1.54, 1.807) is 23.1 Å². The number of carbonyl (C=O) groups excluding carboxylic acids is 1. The number of hydrogen-bond acceptors (Lipinski definition) is 3. The summed E-state index contributed by atoms with van der Waals surface area (Å²) >= 11 is 0. The molecule has 0 N–H and O–H groups in total. The Labute approximate surface area is 155 Å². The fourth-order valence-corrected chi connectivity index (χ4v) is 3.38. The molecule has 27 heavy (non-hydrogen) atoms. The van der Waals surface area contributed by atoms with Crippen molar-refractivity contribution >= 4 is 11.6 Å². The number of halogens is 1. The number of fused-ring (bicyclic) bond motifs is 1. The van der Waals surface area contributed by atoms with E-state index in [0.717, 1.165) is 24.1 Å². The smallest absolute Gasteiger partial charge is 0.254 e. The van der Waals surface area contributed by atoms with E-state index >= 15 is 0 Å². The van der Waals surface area contributed by atoms with Crippen LogP contribution in [0.3, 0.4) is 0 Å². The molecule has 6 heteroatoms. The molecular weight excluding hydrogens is 345 g/mol. The summed E-state index contributed by atoms with van der Waals surface area (Å²) in [6, 6.07) is 15.2. The van der Waals surface area contributed by atoms with Crippen molar-refractivity contribution in [2.75, 3.05) is 11.4 Å². The number of anilines is 1. The molecule has 0 aliphatic carbocycles. The maximum atomic E-state index is 13.9. The quantitative estimate of drug-likeness (QED) is 0.719. The maximum Gasteiger partial charge on any atom is 0.254 e. The van der Waals surface area contributed by atoms with E-state index in [1.807, 2.05) is 24.3 Å². The minimum atomic E-state index is -0.442. The Bertz CT molecular complexity index is 1060. The average molecular weight is 363 g/mol. The number of nitrogens with zero attached hydrogens (tertiary/aromatic N) is 3. The Balaban J connectivity index is 1.58. The highest BCUT2D eigenvalue weighted by Gasteiger charge is 2.22. The highest BCUT2D eigenvalue weighted by molar-refractivity contribution is 5.94. The van der Waals surface area contributed by atoms with Crippen LogP contribution in [0.25, 0.3) is 11.3 Å². The molecular formula is C21H18FN3O2. The van der Waals surface area contributed by atoms with Gasteiger partial charge < -0.3 is 4.90 Å². The summed E-state index contributed by atoms with van der Waals surface area (Å²) in [6.45, 7) is 0.531. The molecule has 0 fully saturated rings. The van der Waals surface area contributed by atoms with Gasteiger partial charge in [0.05, 0.1) is 12.0 Å². The van der Waals surface area contributed by atoms with Crippen LogP contribution >= 0.6 is 0 Å². The molecule has 136 valence electrons. The van der Waals surface area contributed by atoms with Crippen LogP contribution in [-0.4, -0.2) is 22.0 Å². The number of carbonyl (C=O) groups is 1. The van der Waals surface area contributed by atoms with Crippen molar-refractivity contribution in [1.29, 1.82) is 0 Å². The number of rotatable bonds is 3. The fraction of sp³-hybridized carbons (Fsp3) is 0.190. The van der Waals surface area contributed by atoms with Gasteiger partial charge in [-0.05, 0) is 36.6 Å². The van der Waals surface area contributed by atoms with Crippen molar-refractivity contribution in [3.05, 3.63) is 82.7 Å². The third-order valence-electron chi connectivity index (χ3n) is 4.75. The molecule has 0 bridgehead atoms. The lowest BCUT2D eigenvalue weighted by Crippen LogP contribution is -2.39. The van der Waals surface area contributed by atoms with Gasteiger partial charge in [-0.25, -0.2) is 9.37 Å². The molecule has 0 saturated heterocycles. The maximum absolute atomic E-state index is 13.9. The van der Waals surface area contributed by atoms with Crippen molar-refractivity contribution in [2.45, 2.75) is 19.4 Å². The van der Waals surface area contributed by atoms with Gasteiger partial charge in [-0.15, -0.1) is 0 Å². The van der Waals surface area contributed by atoms with E-state index in [1.165, 1.54) is 23.0 Å². The van der Waals surface area contributed by atoms with Crippen molar-refractivity contribution < 1.29 is 9.18 Å². The number of para-hydroxylation sites is 1. The summed E-state index contributed by atoms with van der Waals surface area (Å²) < 4.78 is 15.1. The molecule has 2 heterocycles. The summed E-state index contributed by atoms with van der Waals surface area (Å²) in [5.41, 5.74) is 2.17. The van der Waals surface area contributed by atoms with Crippen LogP contribution in [0.15, 0.2) is 65.7 Å². The first kappa shape index (κ1) is 17.1. The van der Waals surface area contributed by atoms with Crippen molar-refractivity contribution in [3.8, 4) is 11.3 Å². The first-order valence-corrected chi connectivity index (χ1v) is 8.83. The van der Waals surface area contributed by atoms with Crippen LogP contribution in [0.2, 0.25) is 0 Å². The van der Waals surface area contributed by atoms with Gasteiger partial charge in [0.15, 0.2) is 0 Å². The zero-order valence-electron chi connectivity index (χ0n) is 14.6. The van der Waals surface area contributed by atoms with Gasteiger partial charge in [0.2, 0.25) is 5.91 Å². The molecule has 0 spiro atoms. The molecule has 0 radical (unpaired) electrons. The van der Waals surface area contributed by atoms with Crippen molar-refractivity contribution in [1.82, 2.24) is 9.55 Å². The second-order valence-electron chi connectivity index (χ2n) is 6.50. The Hall–Kier alpha value is -3.28. The third kappa shape index (κ3) is 3.38. The van der Waals surface area contributed by atoms with E-state index in [2.05, 4.69) is 4.98 Å². The van der Waals surface area contributed by atoms with Crippen LogP contribution in [0.5, 0.6) is 0 Å². The molecule has 2 aromatic carbocycles. The number of hydrogen-bond donors (Lipinski definition) is 0. The SMILES string of the molecule is O=C(Cn1cnc(-c2ccccc2F)cc1=O)N1CCCc2ccccc21. The fourth-order valence-electron chi connectivity index (χ4n) is 3.38. The minimum absolute atomic E-state index is 0.0995. The normalized spacial score (nSPS) is 13.3. The van der Waals surface area contributed by atoms with E-state index in [0.29, 0.717) is 6.54 Å². The van der Waals surface area contributed by atoms with Crippen LogP contribution in [0, 0.1) is 5.82 Å². The first-order chi connectivity index (χ1) is 13.1. The monoisotopic (exact) mass is 363 g/mol. The molecule has 4 rings (SSSR count). The Kier molecular flexibility index (Phi) is 4.54. The van der Waals surface area contributed by atoms with Crippen LogP contribution in [-0.2, 0) is 17.8 Å². The molecule has 1 aliphatic rings. The molecule has 1 aromatic heterocycles. The number of benzene rings is 2. The molecule has 0 unspecified atom stereocenters. The summed E-state index contributed by atoms with van der Waals surface area (Å²) in [5, 5.41) is 0. The Morgan fingerprint density at radius 3 is 2.70 bits per heavy atom. The van der Waals surface area contributed by atoms with Gasteiger partial charge >= 0.3 is 0 Å². The predicted octanol–water partition coefficient (Wildman–Crippen LogP) is 3.03.